The predicted molar refractivity (Wildman–Crippen MR) is 130 cm³/mol. The molecule has 170 valence electrons. The molecule has 0 spiro atoms. The van der Waals surface area contributed by atoms with Crippen LogP contribution in [0.2, 0.25) is 0 Å². The summed E-state index contributed by atoms with van der Waals surface area (Å²) in [5, 5.41) is 9.20. The summed E-state index contributed by atoms with van der Waals surface area (Å²) < 4.78 is 28.8. The molecule has 2 rings (SSSR count). The van der Waals surface area contributed by atoms with E-state index in [1.807, 2.05) is 58.0 Å². The second-order valence-electron chi connectivity index (χ2n) is 8.07. The van der Waals surface area contributed by atoms with E-state index >= 15 is 0 Å². The van der Waals surface area contributed by atoms with Crippen LogP contribution < -0.4 is 16.0 Å². The van der Waals surface area contributed by atoms with Crippen LogP contribution >= 0.6 is 24.0 Å². The molecule has 1 saturated heterocycles. The van der Waals surface area contributed by atoms with E-state index in [0.717, 1.165) is 5.56 Å². The van der Waals surface area contributed by atoms with Crippen LogP contribution in [0.5, 0.6) is 0 Å². The van der Waals surface area contributed by atoms with Crippen LogP contribution in [0.1, 0.15) is 45.7 Å². The molecular formula is C20H33IN4O4S. The number of nitrogens with zero attached hydrogens (tertiary/aromatic N) is 1. The molecule has 2 unspecified atom stereocenters. The van der Waals surface area contributed by atoms with Gasteiger partial charge in [-0.2, -0.15) is 0 Å². The summed E-state index contributed by atoms with van der Waals surface area (Å²) in [7, 11) is -2.98. The highest BCUT2D eigenvalue weighted by Gasteiger charge is 2.28. The van der Waals surface area contributed by atoms with Crippen molar-refractivity contribution in [2.75, 3.05) is 24.6 Å². The minimum atomic E-state index is -2.98. The first-order chi connectivity index (χ1) is 13.6. The Bertz CT molecular complexity index is 810. The van der Waals surface area contributed by atoms with Crippen LogP contribution in [0.3, 0.4) is 0 Å². The van der Waals surface area contributed by atoms with E-state index < -0.39 is 21.5 Å². The molecule has 1 aromatic carbocycles. The highest BCUT2D eigenvalue weighted by molar-refractivity contribution is 14.0. The van der Waals surface area contributed by atoms with Gasteiger partial charge in [0.25, 0.3) is 0 Å². The largest absolute Gasteiger partial charge is 0.444 e. The first-order valence-electron chi connectivity index (χ1n) is 9.88. The van der Waals surface area contributed by atoms with Gasteiger partial charge in [0.05, 0.1) is 24.1 Å². The summed E-state index contributed by atoms with van der Waals surface area (Å²) >= 11 is 0. The molecule has 1 aliphatic heterocycles. The van der Waals surface area contributed by atoms with Gasteiger partial charge in [0, 0.05) is 12.6 Å². The van der Waals surface area contributed by atoms with E-state index in [1.54, 1.807) is 0 Å². The maximum atomic E-state index is 12.3. The van der Waals surface area contributed by atoms with Crippen LogP contribution in [0.25, 0.3) is 0 Å². The van der Waals surface area contributed by atoms with Gasteiger partial charge in [-0.05, 0) is 39.7 Å². The number of amides is 1. The highest BCUT2D eigenvalue weighted by Crippen LogP contribution is 2.15. The zero-order chi connectivity index (χ0) is 21.5. The maximum Gasteiger partial charge on any atom is 0.408 e. The number of carbonyl (C=O) groups is 1. The number of ether oxygens (including phenoxy) is 1. The third kappa shape index (κ3) is 9.50. The van der Waals surface area contributed by atoms with Crippen molar-refractivity contribution < 1.29 is 17.9 Å². The fourth-order valence-electron chi connectivity index (χ4n) is 2.97. The molecule has 0 aliphatic carbocycles. The van der Waals surface area contributed by atoms with Crippen molar-refractivity contribution in [1.29, 1.82) is 0 Å². The summed E-state index contributed by atoms with van der Waals surface area (Å²) in [6.07, 6.45) is 0.0479. The third-order valence-electron chi connectivity index (χ3n) is 4.24. The minimum absolute atomic E-state index is 0. The molecule has 2 atom stereocenters. The van der Waals surface area contributed by atoms with Gasteiger partial charge in [0.2, 0.25) is 0 Å². The average molecular weight is 552 g/mol. The molecule has 0 saturated carbocycles. The van der Waals surface area contributed by atoms with Crippen LogP contribution in [0.15, 0.2) is 35.3 Å². The molecule has 30 heavy (non-hydrogen) atoms. The zero-order valence-corrected chi connectivity index (χ0v) is 21.1. The highest BCUT2D eigenvalue weighted by atomic mass is 127. The number of guanidine groups is 1. The van der Waals surface area contributed by atoms with Crippen molar-refractivity contribution in [1.82, 2.24) is 16.0 Å². The minimum Gasteiger partial charge on any atom is -0.444 e. The molecule has 1 fully saturated rings. The second kappa shape index (κ2) is 11.7. The van der Waals surface area contributed by atoms with Crippen LogP contribution in [0.4, 0.5) is 4.79 Å². The monoisotopic (exact) mass is 552 g/mol. The number of hydrogen-bond donors (Lipinski definition) is 3. The van der Waals surface area contributed by atoms with Crippen LogP contribution in [0, 0.1) is 0 Å². The van der Waals surface area contributed by atoms with Crippen LogP contribution in [-0.2, 0) is 14.6 Å². The van der Waals surface area contributed by atoms with Crippen LogP contribution in [-0.4, -0.2) is 56.7 Å². The molecule has 10 heteroatoms. The Labute approximate surface area is 196 Å². The number of hydrogen-bond acceptors (Lipinski definition) is 5. The predicted octanol–water partition coefficient (Wildman–Crippen LogP) is 2.61. The summed E-state index contributed by atoms with van der Waals surface area (Å²) in [5.41, 5.74) is 0.306. The molecule has 0 radical (unpaired) electrons. The van der Waals surface area contributed by atoms with E-state index in [4.69, 9.17) is 4.74 Å². The zero-order valence-electron chi connectivity index (χ0n) is 18.0. The first kappa shape index (κ1) is 26.5. The normalized spacial score (nSPS) is 19.3. The fourth-order valence-corrected chi connectivity index (χ4v) is 4.65. The van der Waals surface area contributed by atoms with E-state index in [9.17, 15) is 13.2 Å². The lowest BCUT2D eigenvalue weighted by Gasteiger charge is -2.24. The molecular weight excluding hydrogens is 519 g/mol. The number of alkyl carbamates (subject to hydrolysis) is 1. The van der Waals surface area contributed by atoms with Crippen molar-refractivity contribution >= 4 is 45.9 Å². The van der Waals surface area contributed by atoms with Gasteiger partial charge in [-0.1, -0.05) is 30.3 Å². The van der Waals surface area contributed by atoms with E-state index in [-0.39, 0.29) is 54.1 Å². The molecule has 8 nitrogen and oxygen atoms in total. The number of aliphatic imine (C=N–C) groups is 1. The van der Waals surface area contributed by atoms with Gasteiger partial charge < -0.3 is 20.7 Å². The SMILES string of the molecule is CCNC(=NCC(NC(=O)OC(C)(C)C)c1ccccc1)NC1CCS(=O)(=O)C1.I. The Balaban J connectivity index is 0.00000450. The Morgan fingerprint density at radius 2 is 1.93 bits per heavy atom. The van der Waals surface area contributed by atoms with Crippen molar-refractivity contribution in [3.8, 4) is 0 Å². The van der Waals surface area contributed by atoms with Gasteiger partial charge >= 0.3 is 6.09 Å². The van der Waals surface area contributed by atoms with Crippen molar-refractivity contribution in [3.05, 3.63) is 35.9 Å². The lowest BCUT2D eigenvalue weighted by molar-refractivity contribution is 0.0505. The molecule has 0 aromatic heterocycles. The van der Waals surface area contributed by atoms with Gasteiger partial charge in [-0.3, -0.25) is 4.99 Å². The first-order valence-corrected chi connectivity index (χ1v) is 11.7. The lowest BCUT2D eigenvalue weighted by Crippen LogP contribution is -2.44. The number of sulfone groups is 1. The lowest BCUT2D eigenvalue weighted by atomic mass is 10.1. The number of benzene rings is 1. The van der Waals surface area contributed by atoms with Gasteiger partial charge in [0.15, 0.2) is 15.8 Å². The molecule has 3 N–H and O–H groups in total. The Kier molecular flexibility index (Phi) is 10.4. The molecule has 1 heterocycles. The van der Waals surface area contributed by atoms with E-state index in [2.05, 4.69) is 20.9 Å². The molecule has 1 aliphatic rings. The number of nitrogens with one attached hydrogen (secondary N) is 3. The Morgan fingerprint density at radius 3 is 2.47 bits per heavy atom. The Hall–Kier alpha value is -1.56. The fraction of sp³-hybridized carbons (Fsp3) is 0.600. The van der Waals surface area contributed by atoms with E-state index in [0.29, 0.717) is 18.9 Å². The van der Waals surface area contributed by atoms with E-state index in [1.165, 1.54) is 0 Å². The standard InChI is InChI=1S/C20H32N4O4S.HI/c1-5-21-18(23-16-11-12-29(26,27)14-16)22-13-17(15-9-7-6-8-10-15)24-19(25)28-20(2,3)4;/h6-10,16-17H,5,11-14H2,1-4H3,(H,24,25)(H2,21,22,23);1H. The summed E-state index contributed by atoms with van der Waals surface area (Å²) in [4.78, 5) is 16.9. The number of carbonyl (C=O) groups excluding carboxylic acids is 1. The quantitative estimate of drug-likeness (QED) is 0.285. The van der Waals surface area contributed by atoms with Gasteiger partial charge in [0.1, 0.15) is 5.60 Å². The molecule has 1 amide bonds. The second-order valence-corrected chi connectivity index (χ2v) is 10.3. The summed E-state index contributed by atoms with van der Waals surface area (Å²) in [6, 6.07) is 9.00. The average Bonchev–Trinajstić information content (AvgIpc) is 2.96. The topological polar surface area (TPSA) is 109 Å². The van der Waals surface area contributed by atoms with Gasteiger partial charge in [-0.25, -0.2) is 13.2 Å². The van der Waals surface area contributed by atoms with Crippen molar-refractivity contribution in [3.63, 3.8) is 0 Å². The summed E-state index contributed by atoms with van der Waals surface area (Å²) in [5.74, 6) is 0.827. The maximum absolute atomic E-state index is 12.3. The van der Waals surface area contributed by atoms with Crippen molar-refractivity contribution in [2.45, 2.75) is 51.8 Å². The Morgan fingerprint density at radius 1 is 1.27 bits per heavy atom. The molecule has 1 aromatic rings. The molecule has 0 bridgehead atoms. The number of rotatable bonds is 6. The third-order valence-corrected chi connectivity index (χ3v) is 6.01. The summed E-state index contributed by atoms with van der Waals surface area (Å²) in [6.45, 7) is 8.29. The van der Waals surface area contributed by atoms with Crippen molar-refractivity contribution in [2.24, 2.45) is 4.99 Å². The van der Waals surface area contributed by atoms with Gasteiger partial charge in [-0.15, -0.1) is 24.0 Å². The number of halogens is 1. The smallest absolute Gasteiger partial charge is 0.408 e.